The third-order valence-corrected chi connectivity index (χ3v) is 2.82. The number of hydrogen-bond donors (Lipinski definition) is 0. The van der Waals surface area contributed by atoms with Crippen LogP contribution >= 0.6 is 0 Å². The summed E-state index contributed by atoms with van der Waals surface area (Å²) in [5, 5.41) is 0. The zero-order valence-electron chi connectivity index (χ0n) is 10.0. The van der Waals surface area contributed by atoms with E-state index in [9.17, 15) is 9.59 Å². The number of hydrogen-bond acceptors (Lipinski definition) is 3. The van der Waals surface area contributed by atoms with E-state index < -0.39 is 6.10 Å². The molecule has 18 heavy (non-hydrogen) atoms. The Morgan fingerprint density at radius 3 is 2.83 bits per heavy atom. The molecule has 4 nitrogen and oxygen atoms in total. The van der Waals surface area contributed by atoms with Crippen LogP contribution in [0.4, 0.5) is 0 Å². The second kappa shape index (κ2) is 5.60. The Morgan fingerprint density at radius 2 is 2.17 bits per heavy atom. The minimum atomic E-state index is -0.580. The number of carbonyl (C=O) groups is 2. The van der Waals surface area contributed by atoms with Crippen molar-refractivity contribution in [3.63, 3.8) is 0 Å². The Morgan fingerprint density at radius 1 is 1.44 bits per heavy atom. The van der Waals surface area contributed by atoms with Crippen LogP contribution < -0.4 is 0 Å². The minimum absolute atomic E-state index is 0.266. The summed E-state index contributed by atoms with van der Waals surface area (Å²) < 4.78 is 5.33. The molecule has 0 bridgehead atoms. The van der Waals surface area contributed by atoms with Gasteiger partial charge >= 0.3 is 0 Å². The van der Waals surface area contributed by atoms with Gasteiger partial charge in [0.25, 0.3) is 11.8 Å². The van der Waals surface area contributed by atoms with Crippen LogP contribution in [0.1, 0.15) is 16.8 Å². The molecule has 4 heteroatoms. The maximum atomic E-state index is 12.2. The van der Waals surface area contributed by atoms with Crippen molar-refractivity contribution in [2.75, 3.05) is 13.2 Å². The maximum absolute atomic E-state index is 12.2. The van der Waals surface area contributed by atoms with E-state index >= 15 is 0 Å². The van der Waals surface area contributed by atoms with Gasteiger partial charge in [0.1, 0.15) is 6.10 Å². The van der Waals surface area contributed by atoms with Crippen molar-refractivity contribution in [2.45, 2.75) is 12.5 Å². The monoisotopic (exact) mass is 245 g/mol. The third kappa shape index (κ3) is 2.49. The molecule has 1 heterocycles. The Balaban J connectivity index is 2.15. The molecule has 1 atom stereocenters. The Bertz CT molecular complexity index is 455. The molecule has 1 aromatic carbocycles. The lowest BCUT2D eigenvalue weighted by Gasteiger charge is -2.30. The molecular weight excluding hydrogens is 230 g/mol. The molecule has 0 unspecified atom stereocenters. The minimum Gasteiger partial charge on any atom is -0.366 e. The van der Waals surface area contributed by atoms with E-state index in [1.54, 1.807) is 30.3 Å². The Kier molecular flexibility index (Phi) is 3.89. The van der Waals surface area contributed by atoms with E-state index in [4.69, 9.17) is 4.74 Å². The number of amides is 2. The first-order chi connectivity index (χ1) is 8.74. The molecule has 1 aromatic rings. The molecular formula is C14H15NO3. The molecule has 1 aliphatic heterocycles. The first kappa shape index (κ1) is 12.5. The third-order valence-electron chi connectivity index (χ3n) is 2.82. The van der Waals surface area contributed by atoms with E-state index in [-0.39, 0.29) is 11.8 Å². The highest BCUT2D eigenvalue weighted by molar-refractivity contribution is 6.06. The number of imide groups is 1. The summed E-state index contributed by atoms with van der Waals surface area (Å²) in [7, 11) is 0. The number of morpholine rings is 1. The fourth-order valence-corrected chi connectivity index (χ4v) is 1.90. The Hall–Kier alpha value is -1.94. The van der Waals surface area contributed by atoms with Gasteiger partial charge in [-0.25, -0.2) is 0 Å². The van der Waals surface area contributed by atoms with Gasteiger partial charge in [-0.1, -0.05) is 24.3 Å². The molecule has 1 aliphatic rings. The second-order valence-electron chi connectivity index (χ2n) is 4.04. The lowest BCUT2D eigenvalue weighted by Crippen LogP contribution is -2.50. The second-order valence-corrected chi connectivity index (χ2v) is 4.04. The van der Waals surface area contributed by atoms with Crippen molar-refractivity contribution >= 4 is 11.8 Å². The van der Waals surface area contributed by atoms with Gasteiger partial charge in [0.15, 0.2) is 0 Å². The highest BCUT2D eigenvalue weighted by atomic mass is 16.5. The first-order valence-corrected chi connectivity index (χ1v) is 5.87. The van der Waals surface area contributed by atoms with Crippen LogP contribution in [0, 0.1) is 0 Å². The number of carbonyl (C=O) groups excluding carboxylic acids is 2. The molecule has 0 N–H and O–H groups in total. The van der Waals surface area contributed by atoms with Gasteiger partial charge in [0.2, 0.25) is 0 Å². The van der Waals surface area contributed by atoms with Crippen molar-refractivity contribution in [3.05, 3.63) is 48.6 Å². The molecule has 94 valence electrons. The van der Waals surface area contributed by atoms with Crippen LogP contribution in [-0.2, 0) is 9.53 Å². The number of ether oxygens (including phenoxy) is 1. The maximum Gasteiger partial charge on any atom is 0.260 e. The molecule has 0 radical (unpaired) electrons. The molecule has 0 aromatic heterocycles. The average Bonchev–Trinajstić information content (AvgIpc) is 2.42. The summed E-state index contributed by atoms with van der Waals surface area (Å²) in [5.41, 5.74) is 0.519. The van der Waals surface area contributed by atoms with Gasteiger partial charge in [-0.05, 0) is 12.1 Å². The van der Waals surface area contributed by atoms with Crippen molar-refractivity contribution < 1.29 is 14.3 Å². The van der Waals surface area contributed by atoms with Gasteiger partial charge in [-0.3, -0.25) is 14.5 Å². The van der Waals surface area contributed by atoms with Crippen molar-refractivity contribution in [1.29, 1.82) is 0 Å². The van der Waals surface area contributed by atoms with Gasteiger partial charge in [-0.15, -0.1) is 6.58 Å². The SMILES string of the molecule is C=CC[C@@H]1OCCN(C(=O)c2ccccc2)C1=O. The van der Waals surface area contributed by atoms with Crippen LogP contribution in [0.3, 0.4) is 0 Å². The van der Waals surface area contributed by atoms with Crippen molar-refractivity contribution in [2.24, 2.45) is 0 Å². The summed E-state index contributed by atoms with van der Waals surface area (Å²) in [4.78, 5) is 25.5. The lowest BCUT2D eigenvalue weighted by atomic mass is 10.1. The normalized spacial score (nSPS) is 19.7. The smallest absolute Gasteiger partial charge is 0.260 e. The number of nitrogens with zero attached hydrogens (tertiary/aromatic N) is 1. The van der Waals surface area contributed by atoms with Crippen molar-refractivity contribution in [3.8, 4) is 0 Å². The summed E-state index contributed by atoms with van der Waals surface area (Å²) in [6.45, 7) is 4.27. The van der Waals surface area contributed by atoms with Gasteiger partial charge in [0, 0.05) is 12.0 Å². The van der Waals surface area contributed by atoms with Crippen LogP contribution in [0.15, 0.2) is 43.0 Å². The predicted octanol–water partition coefficient (Wildman–Crippen LogP) is 1.63. The summed E-state index contributed by atoms with van der Waals surface area (Å²) in [5.74, 6) is -0.548. The predicted molar refractivity (Wildman–Crippen MR) is 67.0 cm³/mol. The highest BCUT2D eigenvalue weighted by Gasteiger charge is 2.32. The van der Waals surface area contributed by atoms with Crippen molar-refractivity contribution in [1.82, 2.24) is 4.90 Å². The van der Waals surface area contributed by atoms with E-state index in [1.807, 2.05) is 6.07 Å². The Labute approximate surface area is 106 Å². The van der Waals surface area contributed by atoms with Crippen LogP contribution in [0.25, 0.3) is 0 Å². The van der Waals surface area contributed by atoms with E-state index in [1.165, 1.54) is 4.90 Å². The molecule has 1 fully saturated rings. The van der Waals surface area contributed by atoms with Gasteiger partial charge in [-0.2, -0.15) is 0 Å². The standard InChI is InChI=1S/C14H15NO3/c1-2-6-12-14(17)15(9-10-18-12)13(16)11-7-4-3-5-8-11/h2-5,7-8,12H,1,6,9-10H2/t12-/m0/s1. The number of benzene rings is 1. The topological polar surface area (TPSA) is 46.6 Å². The van der Waals surface area contributed by atoms with Crippen LogP contribution in [0.5, 0.6) is 0 Å². The largest absolute Gasteiger partial charge is 0.366 e. The fraction of sp³-hybridized carbons (Fsp3) is 0.286. The van der Waals surface area contributed by atoms with Gasteiger partial charge < -0.3 is 4.74 Å². The molecule has 2 amide bonds. The fourth-order valence-electron chi connectivity index (χ4n) is 1.90. The molecule has 2 rings (SSSR count). The first-order valence-electron chi connectivity index (χ1n) is 5.87. The molecule has 0 spiro atoms. The molecule has 0 saturated carbocycles. The summed E-state index contributed by atoms with van der Waals surface area (Å²) in [6, 6.07) is 8.79. The molecule has 0 aliphatic carbocycles. The van der Waals surface area contributed by atoms with Crippen LogP contribution in [-0.4, -0.2) is 36.0 Å². The zero-order chi connectivity index (χ0) is 13.0. The molecule has 1 saturated heterocycles. The van der Waals surface area contributed by atoms with E-state index in [2.05, 4.69) is 6.58 Å². The van der Waals surface area contributed by atoms with Crippen LogP contribution in [0.2, 0.25) is 0 Å². The quantitative estimate of drug-likeness (QED) is 0.600. The van der Waals surface area contributed by atoms with E-state index in [0.717, 1.165) is 0 Å². The average molecular weight is 245 g/mol. The summed E-state index contributed by atoms with van der Waals surface area (Å²) in [6.07, 6.45) is 1.47. The summed E-state index contributed by atoms with van der Waals surface area (Å²) >= 11 is 0. The van der Waals surface area contributed by atoms with E-state index in [0.29, 0.717) is 25.1 Å². The lowest BCUT2D eigenvalue weighted by molar-refractivity contribution is -0.148. The number of rotatable bonds is 3. The highest BCUT2D eigenvalue weighted by Crippen LogP contribution is 2.14. The zero-order valence-corrected chi connectivity index (χ0v) is 10.0. The van der Waals surface area contributed by atoms with Gasteiger partial charge in [0.05, 0.1) is 13.2 Å².